The van der Waals surface area contributed by atoms with Gasteiger partial charge in [-0.1, -0.05) is 45.3 Å². The van der Waals surface area contributed by atoms with Crippen LogP contribution in [0.4, 0.5) is 0 Å². The van der Waals surface area contributed by atoms with E-state index in [9.17, 15) is 15.3 Å². The molecule has 3 N–H and O–H groups in total. The van der Waals surface area contributed by atoms with E-state index in [0.717, 1.165) is 57.8 Å². The molecule has 0 bridgehead atoms. The summed E-state index contributed by atoms with van der Waals surface area (Å²) in [5, 5.41) is 32.6. The number of rotatable bonds is 6. The quantitative estimate of drug-likeness (QED) is 0.501. The topological polar surface area (TPSA) is 60.7 Å². The average molecular weight is 419 g/mol. The third kappa shape index (κ3) is 3.61. The molecule has 3 heteroatoms. The maximum absolute atomic E-state index is 11.6. The van der Waals surface area contributed by atoms with Crippen LogP contribution in [0.3, 0.4) is 0 Å². The highest BCUT2D eigenvalue weighted by molar-refractivity contribution is 5.26. The summed E-state index contributed by atoms with van der Waals surface area (Å²) in [7, 11) is 0. The Labute approximate surface area is 184 Å². The van der Waals surface area contributed by atoms with Crippen molar-refractivity contribution in [3.05, 3.63) is 11.6 Å². The smallest absolute Gasteiger partial charge is 0.0654 e. The van der Waals surface area contributed by atoms with Crippen LogP contribution in [0.15, 0.2) is 11.6 Å². The van der Waals surface area contributed by atoms with Gasteiger partial charge in [0, 0.05) is 12.0 Å². The third-order valence-corrected chi connectivity index (χ3v) is 10.3. The SMILES string of the molecule is CC(C)CCC[C@](C)(O)[C@H]1CC[C@H]2[C@@H]3CC=C4C[C@@H](O)CC[C@]4(C)[C@H]3CC[C@@]21CO. The summed E-state index contributed by atoms with van der Waals surface area (Å²) < 4.78 is 0. The van der Waals surface area contributed by atoms with Crippen molar-refractivity contribution < 1.29 is 15.3 Å². The van der Waals surface area contributed by atoms with Crippen LogP contribution in [0.2, 0.25) is 0 Å². The van der Waals surface area contributed by atoms with Crippen LogP contribution in [-0.2, 0) is 0 Å². The van der Waals surface area contributed by atoms with Crippen LogP contribution in [0, 0.1) is 40.4 Å². The summed E-state index contributed by atoms with van der Waals surface area (Å²) in [6, 6.07) is 0. The van der Waals surface area contributed by atoms with Gasteiger partial charge in [0.1, 0.15) is 0 Å². The summed E-state index contributed by atoms with van der Waals surface area (Å²) >= 11 is 0. The molecule has 0 heterocycles. The molecule has 0 aliphatic heterocycles. The Morgan fingerprint density at radius 2 is 1.90 bits per heavy atom. The minimum atomic E-state index is -0.673. The first kappa shape index (κ1) is 22.8. The molecule has 0 aromatic rings. The van der Waals surface area contributed by atoms with Gasteiger partial charge in [-0.3, -0.25) is 0 Å². The highest BCUT2D eigenvalue weighted by Gasteiger charge is 2.62. The normalized spacial score (nSPS) is 45.3. The van der Waals surface area contributed by atoms with E-state index in [2.05, 4.69) is 33.8 Å². The molecule has 0 amide bonds. The van der Waals surface area contributed by atoms with E-state index >= 15 is 0 Å². The maximum Gasteiger partial charge on any atom is 0.0654 e. The molecule has 4 aliphatic carbocycles. The van der Waals surface area contributed by atoms with Crippen LogP contribution in [0.25, 0.3) is 0 Å². The first-order chi connectivity index (χ1) is 14.1. The zero-order chi connectivity index (χ0) is 21.7. The largest absolute Gasteiger partial charge is 0.396 e. The number of hydrogen-bond donors (Lipinski definition) is 3. The minimum absolute atomic E-state index is 0.0988. The van der Waals surface area contributed by atoms with E-state index < -0.39 is 5.60 Å². The van der Waals surface area contributed by atoms with Crippen molar-refractivity contribution in [1.29, 1.82) is 0 Å². The van der Waals surface area contributed by atoms with E-state index in [1.807, 2.05) is 0 Å². The first-order valence-corrected chi connectivity index (χ1v) is 12.8. The van der Waals surface area contributed by atoms with Crippen LogP contribution >= 0.6 is 0 Å². The molecule has 4 rings (SSSR count). The van der Waals surface area contributed by atoms with Crippen molar-refractivity contribution in [2.75, 3.05) is 6.61 Å². The Hall–Kier alpha value is -0.380. The van der Waals surface area contributed by atoms with E-state index in [1.54, 1.807) is 0 Å². The number of aliphatic hydroxyl groups is 3. The van der Waals surface area contributed by atoms with Crippen molar-refractivity contribution in [3.8, 4) is 0 Å². The van der Waals surface area contributed by atoms with Gasteiger partial charge in [0.25, 0.3) is 0 Å². The number of allylic oxidation sites excluding steroid dienone is 1. The molecule has 0 aromatic carbocycles. The molecule has 4 aliphatic rings. The Morgan fingerprint density at radius 1 is 1.13 bits per heavy atom. The first-order valence-electron chi connectivity index (χ1n) is 12.8. The number of fused-ring (bicyclic) bond motifs is 5. The molecule has 3 fully saturated rings. The van der Waals surface area contributed by atoms with Gasteiger partial charge in [0.2, 0.25) is 0 Å². The zero-order valence-electron chi connectivity index (χ0n) is 19.9. The van der Waals surface area contributed by atoms with E-state index in [0.29, 0.717) is 23.7 Å². The monoisotopic (exact) mass is 418 g/mol. The minimum Gasteiger partial charge on any atom is -0.396 e. The van der Waals surface area contributed by atoms with E-state index in [1.165, 1.54) is 18.4 Å². The second kappa shape index (κ2) is 8.19. The van der Waals surface area contributed by atoms with Crippen molar-refractivity contribution in [2.45, 2.75) is 110 Å². The summed E-state index contributed by atoms with van der Waals surface area (Å²) in [6.45, 7) is 9.27. The second-order valence-electron chi connectivity index (χ2n) is 12.4. The van der Waals surface area contributed by atoms with Crippen LogP contribution in [0.1, 0.15) is 98.3 Å². The van der Waals surface area contributed by atoms with Gasteiger partial charge in [-0.05, 0) is 99.7 Å². The van der Waals surface area contributed by atoms with Crippen molar-refractivity contribution in [3.63, 3.8) is 0 Å². The van der Waals surface area contributed by atoms with E-state index in [4.69, 9.17) is 0 Å². The summed E-state index contributed by atoms with van der Waals surface area (Å²) in [4.78, 5) is 0. The molecule has 3 saturated carbocycles. The fourth-order valence-corrected chi connectivity index (χ4v) is 8.73. The maximum atomic E-state index is 11.6. The predicted molar refractivity (Wildman–Crippen MR) is 122 cm³/mol. The average Bonchev–Trinajstić information content (AvgIpc) is 3.09. The molecular weight excluding hydrogens is 372 g/mol. The highest BCUT2D eigenvalue weighted by atomic mass is 16.3. The fourth-order valence-electron chi connectivity index (χ4n) is 8.73. The highest BCUT2D eigenvalue weighted by Crippen LogP contribution is 2.67. The Morgan fingerprint density at radius 3 is 2.60 bits per heavy atom. The van der Waals surface area contributed by atoms with Crippen LogP contribution < -0.4 is 0 Å². The molecule has 172 valence electrons. The van der Waals surface area contributed by atoms with Crippen LogP contribution in [0.5, 0.6) is 0 Å². The molecule has 0 unspecified atom stereocenters. The molecule has 0 spiro atoms. The fraction of sp³-hybridized carbons (Fsp3) is 0.926. The lowest BCUT2D eigenvalue weighted by Gasteiger charge is -2.59. The number of aliphatic hydroxyl groups excluding tert-OH is 2. The van der Waals surface area contributed by atoms with Gasteiger partial charge < -0.3 is 15.3 Å². The number of hydrogen-bond acceptors (Lipinski definition) is 3. The molecule has 0 radical (unpaired) electrons. The van der Waals surface area contributed by atoms with Crippen molar-refractivity contribution >= 4 is 0 Å². The summed E-state index contributed by atoms with van der Waals surface area (Å²) in [5.41, 5.74) is 0.975. The Kier molecular flexibility index (Phi) is 6.23. The zero-order valence-corrected chi connectivity index (χ0v) is 19.9. The lowest BCUT2D eigenvalue weighted by atomic mass is 9.46. The third-order valence-electron chi connectivity index (χ3n) is 10.3. The molecule has 30 heavy (non-hydrogen) atoms. The van der Waals surface area contributed by atoms with Gasteiger partial charge in [-0.15, -0.1) is 0 Å². The van der Waals surface area contributed by atoms with Crippen molar-refractivity contribution in [1.82, 2.24) is 0 Å². The van der Waals surface area contributed by atoms with E-state index in [-0.39, 0.29) is 29.5 Å². The molecule has 3 nitrogen and oxygen atoms in total. The lowest BCUT2D eigenvalue weighted by molar-refractivity contribution is -0.132. The summed E-state index contributed by atoms with van der Waals surface area (Å²) in [6.07, 6.45) is 13.9. The van der Waals surface area contributed by atoms with Gasteiger partial charge in [0.05, 0.1) is 11.7 Å². The summed E-state index contributed by atoms with van der Waals surface area (Å²) in [5.74, 6) is 2.74. The Bertz CT molecular complexity index is 652. The predicted octanol–water partition coefficient (Wildman–Crippen LogP) is 5.48. The molecule has 0 saturated heterocycles. The standard InChI is InChI=1S/C27H46O3/c1-18(2)6-5-13-26(4,30)24-10-9-23-21-8-7-19-16-20(29)11-14-25(19,3)22(21)12-15-27(23,24)17-28/h7,18,20-24,28-30H,5-6,8-17H2,1-4H3/t20-,21+,22-,23-,24+,25-,26-,27+/m0/s1. The van der Waals surface area contributed by atoms with Gasteiger partial charge >= 0.3 is 0 Å². The lowest BCUT2D eigenvalue weighted by Crippen LogP contribution is -2.55. The Balaban J connectivity index is 1.56. The second-order valence-corrected chi connectivity index (χ2v) is 12.4. The van der Waals surface area contributed by atoms with Crippen LogP contribution in [-0.4, -0.2) is 33.6 Å². The van der Waals surface area contributed by atoms with Crippen molar-refractivity contribution in [2.24, 2.45) is 40.4 Å². The van der Waals surface area contributed by atoms with Gasteiger partial charge in [0.15, 0.2) is 0 Å². The molecular formula is C27H46O3. The van der Waals surface area contributed by atoms with Gasteiger partial charge in [-0.25, -0.2) is 0 Å². The van der Waals surface area contributed by atoms with Gasteiger partial charge in [-0.2, -0.15) is 0 Å². The molecule has 0 aromatic heterocycles. The molecule has 8 atom stereocenters.